The molecule has 0 radical (unpaired) electrons. The summed E-state index contributed by atoms with van der Waals surface area (Å²) < 4.78 is 0. The molecule has 2 aromatic rings. The number of likely N-dealkylation sites (N-methyl/N-ethyl adjacent to an activating group) is 1. The number of hydrogen-bond donors (Lipinski definition) is 0. The summed E-state index contributed by atoms with van der Waals surface area (Å²) in [6.07, 6.45) is 0.493. The standard InChI is InChI=1S/C20H18Cl2N4O2/c1-11-14(9-23)18(13-5-4-12(21)8-15(13)22)19-16(24-11)6-7-26(20(19)28)10-17(27)25(2)3/h4-5,8H,6-7,10H2,1-3H3. The second-order valence-electron chi connectivity index (χ2n) is 6.77. The molecule has 0 fully saturated rings. The van der Waals surface area contributed by atoms with E-state index in [0.29, 0.717) is 51.1 Å². The van der Waals surface area contributed by atoms with Crippen LogP contribution in [0.15, 0.2) is 18.2 Å². The number of fused-ring (bicyclic) bond motifs is 1. The number of benzene rings is 1. The third kappa shape index (κ3) is 3.56. The van der Waals surface area contributed by atoms with Crippen LogP contribution in [0.2, 0.25) is 10.0 Å². The highest BCUT2D eigenvalue weighted by Gasteiger charge is 2.33. The smallest absolute Gasteiger partial charge is 0.256 e. The van der Waals surface area contributed by atoms with E-state index in [0.717, 1.165) is 0 Å². The monoisotopic (exact) mass is 416 g/mol. The molecule has 28 heavy (non-hydrogen) atoms. The number of aryl methyl sites for hydroxylation is 1. The fourth-order valence-corrected chi connectivity index (χ4v) is 3.73. The van der Waals surface area contributed by atoms with Crippen LogP contribution in [0.1, 0.15) is 27.3 Å². The highest BCUT2D eigenvalue weighted by molar-refractivity contribution is 6.36. The van der Waals surface area contributed by atoms with Crippen molar-refractivity contribution in [1.82, 2.24) is 14.8 Å². The zero-order valence-electron chi connectivity index (χ0n) is 15.7. The molecule has 6 nitrogen and oxygen atoms in total. The van der Waals surface area contributed by atoms with Gasteiger partial charge in [-0.05, 0) is 19.1 Å². The predicted molar refractivity (Wildman–Crippen MR) is 107 cm³/mol. The Morgan fingerprint density at radius 2 is 2.04 bits per heavy atom. The number of rotatable bonds is 3. The van der Waals surface area contributed by atoms with E-state index in [1.807, 2.05) is 0 Å². The van der Waals surface area contributed by atoms with E-state index in [4.69, 9.17) is 23.2 Å². The molecular weight excluding hydrogens is 399 g/mol. The fraction of sp³-hybridized carbons (Fsp3) is 0.300. The topological polar surface area (TPSA) is 77.3 Å². The number of halogens is 2. The first-order chi connectivity index (χ1) is 13.2. The van der Waals surface area contributed by atoms with Crippen molar-refractivity contribution in [2.24, 2.45) is 0 Å². The summed E-state index contributed by atoms with van der Waals surface area (Å²) in [5.74, 6) is -0.509. The quantitative estimate of drug-likeness (QED) is 0.768. The number of nitriles is 1. The minimum atomic E-state index is -0.332. The predicted octanol–water partition coefficient (Wildman–Crippen LogP) is 3.32. The summed E-state index contributed by atoms with van der Waals surface area (Å²) in [6, 6.07) is 7.07. The Labute approximate surface area is 173 Å². The number of pyridine rings is 1. The van der Waals surface area contributed by atoms with Gasteiger partial charge in [-0.2, -0.15) is 5.26 Å². The lowest BCUT2D eigenvalue weighted by Gasteiger charge is -2.30. The van der Waals surface area contributed by atoms with E-state index in [9.17, 15) is 14.9 Å². The molecule has 0 spiro atoms. The molecule has 0 bridgehead atoms. The molecule has 0 saturated heterocycles. The van der Waals surface area contributed by atoms with Crippen molar-refractivity contribution >= 4 is 35.0 Å². The molecule has 0 saturated carbocycles. The van der Waals surface area contributed by atoms with E-state index >= 15 is 0 Å². The van der Waals surface area contributed by atoms with E-state index in [2.05, 4.69) is 11.1 Å². The van der Waals surface area contributed by atoms with Gasteiger partial charge in [0.2, 0.25) is 5.91 Å². The number of hydrogen-bond acceptors (Lipinski definition) is 4. The van der Waals surface area contributed by atoms with Gasteiger partial charge in [-0.1, -0.05) is 29.3 Å². The number of carbonyl (C=O) groups excluding carboxylic acids is 2. The molecule has 1 aromatic carbocycles. The first-order valence-electron chi connectivity index (χ1n) is 8.63. The lowest BCUT2D eigenvalue weighted by atomic mass is 9.89. The van der Waals surface area contributed by atoms with Gasteiger partial charge in [-0.15, -0.1) is 0 Å². The lowest BCUT2D eigenvalue weighted by molar-refractivity contribution is -0.129. The number of nitrogens with zero attached hydrogens (tertiary/aromatic N) is 4. The van der Waals surface area contributed by atoms with E-state index in [1.165, 1.54) is 9.80 Å². The maximum atomic E-state index is 13.3. The first-order valence-corrected chi connectivity index (χ1v) is 9.38. The molecule has 3 rings (SSSR count). The van der Waals surface area contributed by atoms with E-state index in [1.54, 1.807) is 39.2 Å². The van der Waals surface area contributed by atoms with Crippen LogP contribution in [0.3, 0.4) is 0 Å². The first kappa shape index (κ1) is 20.1. The Kier molecular flexibility index (Phi) is 5.59. The zero-order chi connectivity index (χ0) is 20.6. The average Bonchev–Trinajstić information content (AvgIpc) is 2.63. The minimum Gasteiger partial charge on any atom is -0.347 e. The molecule has 144 valence electrons. The van der Waals surface area contributed by atoms with Gasteiger partial charge < -0.3 is 9.80 Å². The molecule has 1 aliphatic heterocycles. The van der Waals surface area contributed by atoms with Crippen molar-refractivity contribution in [3.63, 3.8) is 0 Å². The van der Waals surface area contributed by atoms with Gasteiger partial charge in [0.15, 0.2) is 0 Å². The SMILES string of the molecule is Cc1nc2c(c(-c3ccc(Cl)cc3Cl)c1C#N)C(=O)N(CC(=O)N(C)C)CC2. The van der Waals surface area contributed by atoms with Crippen molar-refractivity contribution in [2.45, 2.75) is 13.3 Å². The average molecular weight is 417 g/mol. The Balaban J connectivity index is 2.21. The van der Waals surface area contributed by atoms with Gasteiger partial charge >= 0.3 is 0 Å². The van der Waals surface area contributed by atoms with Crippen LogP contribution < -0.4 is 0 Å². The summed E-state index contributed by atoms with van der Waals surface area (Å²) >= 11 is 12.4. The largest absolute Gasteiger partial charge is 0.347 e. The third-order valence-corrected chi connectivity index (χ3v) is 5.26. The van der Waals surface area contributed by atoms with Gasteiger partial charge in [0.05, 0.1) is 22.5 Å². The third-order valence-electron chi connectivity index (χ3n) is 4.71. The summed E-state index contributed by atoms with van der Waals surface area (Å²) in [7, 11) is 3.28. The van der Waals surface area contributed by atoms with Gasteiger partial charge in [0.1, 0.15) is 12.6 Å². The molecule has 0 unspecified atom stereocenters. The van der Waals surface area contributed by atoms with Gasteiger partial charge in [-0.3, -0.25) is 14.6 Å². The summed E-state index contributed by atoms with van der Waals surface area (Å²) in [5, 5.41) is 10.5. The van der Waals surface area contributed by atoms with Crippen LogP contribution in [0.25, 0.3) is 11.1 Å². The van der Waals surface area contributed by atoms with Crippen LogP contribution >= 0.6 is 23.2 Å². The van der Waals surface area contributed by atoms with E-state index in [-0.39, 0.29) is 23.9 Å². The van der Waals surface area contributed by atoms with Gasteiger partial charge in [0, 0.05) is 48.2 Å². The zero-order valence-corrected chi connectivity index (χ0v) is 17.2. The summed E-state index contributed by atoms with van der Waals surface area (Å²) in [6.45, 7) is 2.09. The van der Waals surface area contributed by atoms with Crippen LogP contribution in [-0.4, -0.2) is 53.8 Å². The molecule has 0 N–H and O–H groups in total. The second-order valence-corrected chi connectivity index (χ2v) is 7.61. The van der Waals surface area contributed by atoms with Crippen LogP contribution in [0.4, 0.5) is 0 Å². The molecule has 0 aliphatic carbocycles. The molecule has 1 aliphatic rings. The van der Waals surface area contributed by atoms with Crippen molar-refractivity contribution in [1.29, 1.82) is 5.26 Å². The maximum absolute atomic E-state index is 13.3. The van der Waals surface area contributed by atoms with Crippen molar-refractivity contribution < 1.29 is 9.59 Å². The Morgan fingerprint density at radius 1 is 1.32 bits per heavy atom. The fourth-order valence-electron chi connectivity index (χ4n) is 3.23. The van der Waals surface area contributed by atoms with E-state index < -0.39 is 0 Å². The lowest BCUT2D eigenvalue weighted by Crippen LogP contribution is -2.44. The molecular formula is C20H18Cl2N4O2. The molecule has 2 heterocycles. The summed E-state index contributed by atoms with van der Waals surface area (Å²) in [5.41, 5.74) is 2.74. The number of amides is 2. The molecule has 1 aromatic heterocycles. The molecule has 2 amide bonds. The van der Waals surface area contributed by atoms with Gasteiger partial charge in [-0.25, -0.2) is 0 Å². The van der Waals surface area contributed by atoms with Gasteiger partial charge in [0.25, 0.3) is 5.91 Å². The minimum absolute atomic E-state index is 0.0329. The van der Waals surface area contributed by atoms with Crippen LogP contribution in [0.5, 0.6) is 0 Å². The van der Waals surface area contributed by atoms with Crippen LogP contribution in [0, 0.1) is 18.3 Å². The normalized spacial score (nSPS) is 13.1. The van der Waals surface area contributed by atoms with Crippen LogP contribution in [-0.2, 0) is 11.2 Å². The Bertz CT molecular complexity index is 1030. The van der Waals surface area contributed by atoms with Crippen molar-refractivity contribution in [2.75, 3.05) is 27.2 Å². The molecule has 0 atom stereocenters. The highest BCUT2D eigenvalue weighted by Crippen LogP contribution is 2.38. The van der Waals surface area contributed by atoms with Crippen molar-refractivity contribution in [3.8, 4) is 17.2 Å². The summed E-state index contributed by atoms with van der Waals surface area (Å²) in [4.78, 5) is 32.8. The number of carbonyl (C=O) groups is 2. The van der Waals surface area contributed by atoms with Crippen molar-refractivity contribution in [3.05, 3.63) is 50.8 Å². The number of aromatic nitrogens is 1. The second kappa shape index (κ2) is 7.78. The molecule has 8 heteroatoms. The maximum Gasteiger partial charge on any atom is 0.256 e. The Morgan fingerprint density at radius 3 is 2.64 bits per heavy atom. The highest BCUT2D eigenvalue weighted by atomic mass is 35.5. The Hall–Kier alpha value is -2.62.